The van der Waals surface area contributed by atoms with Gasteiger partial charge in [-0.05, 0) is 107 Å². The summed E-state index contributed by atoms with van der Waals surface area (Å²) in [5.74, 6) is -12.1. The Kier molecular flexibility index (Phi) is 25.9. The molecule has 2 aromatic carbocycles. The molecule has 38 heteroatoms. The largest absolute Gasteiger partial charge is 0.505 e. The molecule has 2 bridgehead atoms. The Balaban J connectivity index is 1.45. The lowest BCUT2D eigenvalue weighted by molar-refractivity contribution is -0.150. The maximum absolute atomic E-state index is 15.2. The van der Waals surface area contributed by atoms with Crippen LogP contribution in [0.15, 0.2) is 60.7 Å². The maximum atomic E-state index is 15.2. The molecule has 4 aromatic rings. The number of carbonyl (C=O) groups excluding carboxylic acids is 12. The molecule has 0 saturated carbocycles. The fourth-order valence-electron chi connectivity index (χ4n) is 9.36. The number of rotatable bonds is 10. The summed E-state index contributed by atoms with van der Waals surface area (Å²) in [6, 6.07) is 5.39. The number of likely N-dealkylation sites (N-methyl/N-ethyl adjacent to an activating group) is 6. The van der Waals surface area contributed by atoms with Crippen molar-refractivity contribution in [3.8, 4) is 11.5 Å². The van der Waals surface area contributed by atoms with Gasteiger partial charge in [-0.2, -0.15) is 0 Å². The van der Waals surface area contributed by atoms with Crippen LogP contribution in [0, 0.1) is 0 Å². The lowest BCUT2D eigenvalue weighted by atomic mass is 10.1. The zero-order valence-electron chi connectivity index (χ0n) is 49.6. The minimum Gasteiger partial charge on any atom is -0.505 e. The van der Waals surface area contributed by atoms with Gasteiger partial charge in [-0.1, -0.05) is 58.0 Å². The average Bonchev–Trinajstić information content (AvgIpc) is 1.05. The molecule has 8 N–H and O–H groups in total. The van der Waals surface area contributed by atoms with Crippen molar-refractivity contribution in [3.05, 3.63) is 72.1 Å². The van der Waals surface area contributed by atoms with Gasteiger partial charge >= 0.3 is 20.1 Å². The van der Waals surface area contributed by atoms with Gasteiger partial charge in [-0.15, -0.1) is 0 Å². The lowest BCUT2D eigenvalue weighted by Crippen LogP contribution is -2.60. The molecule has 0 radical (unpaired) electrons. The second-order valence-electron chi connectivity index (χ2n) is 20.7. The van der Waals surface area contributed by atoms with E-state index in [4.69, 9.17) is 79.1 Å². The highest BCUT2D eigenvalue weighted by molar-refractivity contribution is 8.76. The van der Waals surface area contributed by atoms with Gasteiger partial charge in [0, 0.05) is 90.7 Å². The number of hydrogen-bond acceptors (Lipinski definition) is 20. The van der Waals surface area contributed by atoms with Gasteiger partial charge in [0.15, 0.2) is 11.4 Å². The number of pyridine rings is 2. The van der Waals surface area contributed by atoms with E-state index in [-0.39, 0.29) is 22.5 Å². The molecule has 6 atom stereocenters. The van der Waals surface area contributed by atoms with Crippen molar-refractivity contribution in [1.29, 1.82) is 0 Å². The standard InChI is InChI=1S/C54H62Cl6N14O16S2/c1-69-23-31(67-45(81)41-37(75)19-27-11-7-9-13-29(27)65-41)43(79)63-21-39(77)72(4)36-26-92-91-25-35(49(85)73(5)33(47(69)83)15-17-61-51(87)89-53(55,56)57)71(3)40(78)22-64-44(80)32(68-46(82)42-38(76)20-28-12-8-10-14-30(28)66-42)24-70(2)48(84)34(74(6)50(36)86)16-18-62-52(88)90-54(58,59)60/h7-14,19-20,31-36,75-76H,15-18,21-26H2,1-6H3,(H,61,87)(H,62,88)(H,63,79)(H,64,80)(H,67,81)(H,68,82)/t31-,32-,33+,34+,35+,36+/m1/s1. The summed E-state index contributed by atoms with van der Waals surface area (Å²) in [7, 11) is 8.97. The summed E-state index contributed by atoms with van der Waals surface area (Å²) in [4.78, 5) is 186. The highest BCUT2D eigenvalue weighted by Gasteiger charge is 2.41. The Bertz CT molecular complexity index is 3280. The van der Waals surface area contributed by atoms with Crippen LogP contribution in [0.4, 0.5) is 9.59 Å². The second kappa shape index (κ2) is 32.4. The van der Waals surface area contributed by atoms with Crippen molar-refractivity contribution in [1.82, 2.24) is 71.3 Å². The zero-order valence-corrected chi connectivity index (χ0v) is 55.7. The highest BCUT2D eigenvalue weighted by Crippen LogP contribution is 2.31. The van der Waals surface area contributed by atoms with E-state index in [2.05, 4.69) is 41.9 Å². The van der Waals surface area contributed by atoms with Gasteiger partial charge in [0.05, 0.1) is 24.1 Å². The lowest BCUT2D eigenvalue weighted by Gasteiger charge is -2.37. The molecule has 2 saturated heterocycles. The average molecular weight is 1440 g/mol. The first-order valence-electron chi connectivity index (χ1n) is 27.4. The summed E-state index contributed by atoms with van der Waals surface area (Å²) < 4.78 is 4.33. The van der Waals surface area contributed by atoms with E-state index in [1.807, 2.05) is 0 Å². The number of nitrogens with one attached hydrogen (secondary N) is 6. The number of alkyl carbamates (subject to hydrolysis) is 2. The molecular formula is C54H62Cl6N14O16S2. The predicted octanol–water partition coefficient (Wildman–Crippen LogP) is 1.85. The number of ether oxygens (including phenoxy) is 2. The summed E-state index contributed by atoms with van der Waals surface area (Å²) in [5, 5.41) is 37.2. The number of nitrogens with zero attached hydrogens (tertiary/aromatic N) is 8. The number of para-hydroxylation sites is 2. The number of carbonyl (C=O) groups is 12. The molecule has 498 valence electrons. The van der Waals surface area contributed by atoms with Crippen LogP contribution in [0.25, 0.3) is 21.8 Å². The van der Waals surface area contributed by atoms with Gasteiger partial charge in [0.2, 0.25) is 47.3 Å². The van der Waals surface area contributed by atoms with Crippen LogP contribution in [-0.2, 0) is 47.8 Å². The van der Waals surface area contributed by atoms with Crippen molar-refractivity contribution >= 4 is 184 Å². The third-order valence-corrected chi connectivity index (χ3v) is 17.2. The topological polar surface area (TPSA) is 381 Å². The van der Waals surface area contributed by atoms with Gasteiger partial charge in [-0.3, -0.25) is 47.9 Å². The van der Waals surface area contributed by atoms with Crippen LogP contribution >= 0.6 is 91.2 Å². The summed E-state index contributed by atoms with van der Waals surface area (Å²) in [6.45, 7) is -4.20. The molecule has 0 aliphatic carbocycles. The summed E-state index contributed by atoms with van der Waals surface area (Å²) in [6.07, 6.45) is -3.44. The number of aromatic hydroxyl groups is 2. The molecule has 2 aliphatic heterocycles. The molecule has 2 aliphatic rings. The van der Waals surface area contributed by atoms with E-state index in [1.54, 1.807) is 48.5 Å². The van der Waals surface area contributed by atoms with E-state index >= 15 is 9.59 Å². The number of benzene rings is 2. The first-order chi connectivity index (χ1) is 43.2. The molecule has 0 spiro atoms. The van der Waals surface area contributed by atoms with E-state index in [0.29, 0.717) is 10.8 Å². The molecule has 4 heterocycles. The first-order valence-corrected chi connectivity index (χ1v) is 32.1. The molecule has 2 aromatic heterocycles. The van der Waals surface area contributed by atoms with Crippen molar-refractivity contribution < 1.29 is 77.2 Å². The molecule has 6 rings (SSSR count). The zero-order chi connectivity index (χ0) is 68.1. The van der Waals surface area contributed by atoms with E-state index < -0.39 is 190 Å². The van der Waals surface area contributed by atoms with Crippen LogP contribution in [0.5, 0.6) is 11.5 Å². The van der Waals surface area contributed by atoms with E-state index in [0.717, 1.165) is 51.0 Å². The minimum absolute atomic E-state index is 0.270. The van der Waals surface area contributed by atoms with Crippen LogP contribution in [0.3, 0.4) is 0 Å². The number of fused-ring (bicyclic) bond motifs is 7. The Morgan fingerprint density at radius 3 is 1.25 bits per heavy atom. The number of aromatic nitrogens is 2. The molecule has 0 unspecified atom stereocenters. The Hall–Kier alpha value is -7.46. The molecule has 30 nitrogen and oxygen atoms in total. The highest BCUT2D eigenvalue weighted by atomic mass is 35.6. The Morgan fingerprint density at radius 2 is 0.902 bits per heavy atom. The Morgan fingerprint density at radius 1 is 0.554 bits per heavy atom. The summed E-state index contributed by atoms with van der Waals surface area (Å²) >= 11 is 33.9. The predicted molar refractivity (Wildman–Crippen MR) is 341 cm³/mol. The van der Waals surface area contributed by atoms with E-state index in [1.165, 1.54) is 54.4 Å². The first kappa shape index (κ1) is 73.6. The van der Waals surface area contributed by atoms with Gasteiger partial charge in [0.25, 0.3) is 11.8 Å². The number of amides is 12. The fourth-order valence-corrected chi connectivity index (χ4v) is 12.3. The minimum atomic E-state index is -2.53. The van der Waals surface area contributed by atoms with Crippen molar-refractivity contribution in [3.63, 3.8) is 0 Å². The second-order valence-corrected chi connectivity index (χ2v) is 27.6. The SMILES string of the molecule is CN1C[C@@H](NC(=O)c2nc3ccccc3cc2O)C(=O)NCC(=O)N(C)[C@H]2CSSC[C@@H](C(=O)N(C)[C@@H](CCNC(=O)OC(Cl)(Cl)Cl)C1=O)N(C)C(=O)CNC(=O)[C@H](NC(=O)c1nc3ccccc3cc1O)CN(C)C(=O)[C@H](CCNC(=O)OC(Cl)(Cl)Cl)N(C)C2=O. The molecule has 12 amide bonds. The van der Waals surface area contributed by atoms with Crippen LogP contribution in [-0.4, -0.2) is 258 Å². The van der Waals surface area contributed by atoms with Gasteiger partial charge in [-0.25, -0.2) is 19.6 Å². The number of hydrogen-bond donors (Lipinski definition) is 8. The van der Waals surface area contributed by atoms with E-state index in [9.17, 15) is 58.2 Å². The normalized spacial score (nSPS) is 21.1. The monoisotopic (exact) mass is 1440 g/mol. The van der Waals surface area contributed by atoms with Crippen molar-refractivity contribution in [2.75, 3.05) is 93.1 Å². The van der Waals surface area contributed by atoms with Crippen molar-refractivity contribution in [2.45, 2.75) is 57.0 Å². The fraction of sp³-hybridized carbons (Fsp3) is 0.444. The number of alkyl halides is 6. The maximum Gasteiger partial charge on any atom is 0.410 e. The molecule has 92 heavy (non-hydrogen) atoms. The third-order valence-electron chi connectivity index (χ3n) is 14.4. The van der Waals surface area contributed by atoms with Crippen molar-refractivity contribution in [2.24, 2.45) is 0 Å². The van der Waals surface area contributed by atoms with Crippen LogP contribution in [0.1, 0.15) is 33.8 Å². The third kappa shape index (κ3) is 20.0. The Labute approximate surface area is 562 Å². The van der Waals surface area contributed by atoms with Crippen LogP contribution in [0.2, 0.25) is 0 Å². The van der Waals surface area contributed by atoms with Gasteiger partial charge in [0.1, 0.15) is 47.8 Å². The molecular weight excluding hydrogens is 1380 g/mol. The van der Waals surface area contributed by atoms with Gasteiger partial charge < -0.3 is 81.0 Å². The molecule has 2 fully saturated rings. The summed E-state index contributed by atoms with van der Waals surface area (Å²) in [5.41, 5.74) is -0.550. The quantitative estimate of drug-likeness (QED) is 0.0829. The number of halogens is 6. The van der Waals surface area contributed by atoms with Crippen LogP contribution < -0.4 is 31.9 Å². The smallest absolute Gasteiger partial charge is 0.410 e.